The van der Waals surface area contributed by atoms with Crippen molar-refractivity contribution in [1.82, 2.24) is 0 Å². The highest BCUT2D eigenvalue weighted by molar-refractivity contribution is 6.19. The van der Waals surface area contributed by atoms with Crippen LogP contribution in [0.4, 0.5) is 0 Å². The molecule has 0 N–H and O–H groups in total. The molecule has 0 spiro atoms. The molecule has 0 fully saturated rings. The summed E-state index contributed by atoms with van der Waals surface area (Å²) in [5.41, 5.74) is 2.88. The lowest BCUT2D eigenvalue weighted by molar-refractivity contribution is 0.0972. The average Bonchev–Trinajstić information content (AvgIpc) is 2.27. The number of carbonyl (C=O) groups is 1. The minimum absolute atomic E-state index is 0.241. The number of aryl methyl sites for hydroxylation is 1. The number of hydrogen-bond donors (Lipinski definition) is 0. The fourth-order valence-corrected chi connectivity index (χ4v) is 1.91. The van der Waals surface area contributed by atoms with E-state index in [2.05, 4.69) is 11.8 Å². The molecule has 0 radical (unpaired) electrons. The molecule has 0 atom stereocenters. The zero-order valence-electron chi connectivity index (χ0n) is 8.35. The highest BCUT2D eigenvalue weighted by Crippen LogP contribution is 2.21. The van der Waals surface area contributed by atoms with Gasteiger partial charge in [0, 0.05) is 17.5 Å². The van der Waals surface area contributed by atoms with E-state index in [9.17, 15) is 4.79 Å². The number of Topliss-reactive ketones (excluding diaryl/α,β-unsaturated/α-hetero) is 1. The lowest BCUT2D eigenvalue weighted by Crippen LogP contribution is -2.10. The van der Waals surface area contributed by atoms with Crippen LogP contribution in [-0.4, -0.2) is 11.7 Å². The Bertz CT molecular complexity index is 451. The van der Waals surface area contributed by atoms with E-state index in [-0.39, 0.29) is 5.78 Å². The summed E-state index contributed by atoms with van der Waals surface area (Å²) in [7, 11) is 0. The molecule has 0 saturated heterocycles. The number of alkyl halides is 1. The number of ketones is 1. The van der Waals surface area contributed by atoms with E-state index in [1.54, 1.807) is 0 Å². The van der Waals surface area contributed by atoms with E-state index in [0.717, 1.165) is 29.5 Å². The van der Waals surface area contributed by atoms with Crippen LogP contribution in [0.5, 0.6) is 0 Å². The van der Waals surface area contributed by atoms with Gasteiger partial charge in [-0.3, -0.25) is 4.79 Å². The molecule has 15 heavy (non-hydrogen) atoms. The second kappa shape index (κ2) is 4.51. The first-order valence-corrected chi connectivity index (χ1v) is 5.55. The van der Waals surface area contributed by atoms with Crippen LogP contribution in [-0.2, 0) is 6.42 Å². The van der Waals surface area contributed by atoms with Crippen LogP contribution in [0.25, 0.3) is 0 Å². The van der Waals surface area contributed by atoms with Crippen molar-refractivity contribution in [1.29, 1.82) is 0 Å². The van der Waals surface area contributed by atoms with Gasteiger partial charge in [-0.15, -0.1) is 11.6 Å². The van der Waals surface area contributed by atoms with E-state index in [1.807, 2.05) is 18.2 Å². The van der Waals surface area contributed by atoms with Crippen LogP contribution in [0.1, 0.15) is 34.3 Å². The number of fused-ring (bicyclic) bond motifs is 1. The Hall–Kier alpha value is -1.26. The van der Waals surface area contributed by atoms with Gasteiger partial charge in [0.15, 0.2) is 5.78 Å². The number of rotatable bonds is 0. The molecule has 2 heteroatoms. The molecule has 2 rings (SSSR count). The van der Waals surface area contributed by atoms with E-state index in [0.29, 0.717) is 12.3 Å². The highest BCUT2D eigenvalue weighted by atomic mass is 35.5. The standard InChI is InChI=1S/C13H11ClO/c14-8-2-3-10-6-7-11-4-1-5-13(15)12(11)9-10/h6-7,9H,1,4-5,8H2. The van der Waals surface area contributed by atoms with Gasteiger partial charge in [0.1, 0.15) is 0 Å². The van der Waals surface area contributed by atoms with Gasteiger partial charge >= 0.3 is 0 Å². The Morgan fingerprint density at radius 3 is 3.00 bits per heavy atom. The number of halogens is 1. The third kappa shape index (κ3) is 2.22. The van der Waals surface area contributed by atoms with Crippen molar-refractivity contribution in [3.8, 4) is 11.8 Å². The summed E-state index contributed by atoms with van der Waals surface area (Å²) in [6, 6.07) is 5.85. The molecule has 1 aliphatic rings. The number of carbonyl (C=O) groups excluding carboxylic acids is 1. The summed E-state index contributed by atoms with van der Waals surface area (Å²) >= 11 is 5.48. The molecule has 1 nitrogen and oxygen atoms in total. The number of hydrogen-bond acceptors (Lipinski definition) is 1. The Labute approximate surface area is 94.4 Å². The summed E-state index contributed by atoms with van der Waals surface area (Å²) in [5.74, 6) is 6.29. The Morgan fingerprint density at radius 2 is 2.20 bits per heavy atom. The predicted octanol–water partition coefficient (Wildman–Crippen LogP) is 2.80. The highest BCUT2D eigenvalue weighted by Gasteiger charge is 2.16. The fraction of sp³-hybridized carbons (Fsp3) is 0.308. The molecular formula is C13H11ClO. The predicted molar refractivity (Wildman–Crippen MR) is 61.3 cm³/mol. The molecular weight excluding hydrogens is 208 g/mol. The van der Waals surface area contributed by atoms with Crippen molar-refractivity contribution in [2.75, 3.05) is 5.88 Å². The molecule has 76 valence electrons. The first-order valence-electron chi connectivity index (χ1n) is 5.02. The third-order valence-electron chi connectivity index (χ3n) is 2.56. The summed E-state index contributed by atoms with van der Waals surface area (Å²) in [5, 5.41) is 0. The van der Waals surface area contributed by atoms with E-state index in [4.69, 9.17) is 11.6 Å². The molecule has 0 heterocycles. The zero-order valence-corrected chi connectivity index (χ0v) is 9.10. The molecule has 1 aliphatic carbocycles. The summed E-state index contributed by atoms with van der Waals surface area (Å²) in [6.07, 6.45) is 2.64. The minimum Gasteiger partial charge on any atom is -0.294 e. The van der Waals surface area contributed by atoms with Crippen molar-refractivity contribution in [3.05, 3.63) is 34.9 Å². The monoisotopic (exact) mass is 218 g/mol. The van der Waals surface area contributed by atoms with Gasteiger partial charge in [-0.1, -0.05) is 17.9 Å². The topological polar surface area (TPSA) is 17.1 Å². The van der Waals surface area contributed by atoms with Crippen molar-refractivity contribution < 1.29 is 4.79 Å². The van der Waals surface area contributed by atoms with Gasteiger partial charge in [0.25, 0.3) is 0 Å². The van der Waals surface area contributed by atoms with Crippen LogP contribution < -0.4 is 0 Å². The van der Waals surface area contributed by atoms with Crippen LogP contribution >= 0.6 is 11.6 Å². The van der Waals surface area contributed by atoms with E-state index >= 15 is 0 Å². The first-order chi connectivity index (χ1) is 7.31. The fourth-order valence-electron chi connectivity index (χ4n) is 1.84. The van der Waals surface area contributed by atoms with Gasteiger partial charge < -0.3 is 0 Å². The molecule has 0 unspecified atom stereocenters. The van der Waals surface area contributed by atoms with Gasteiger partial charge in [-0.2, -0.15) is 0 Å². The minimum atomic E-state index is 0.241. The maximum absolute atomic E-state index is 11.6. The maximum Gasteiger partial charge on any atom is 0.163 e. The van der Waals surface area contributed by atoms with Gasteiger partial charge in [-0.05, 0) is 30.5 Å². The van der Waals surface area contributed by atoms with Gasteiger partial charge in [-0.25, -0.2) is 0 Å². The Kier molecular flexibility index (Phi) is 3.08. The maximum atomic E-state index is 11.6. The van der Waals surface area contributed by atoms with Crippen molar-refractivity contribution >= 4 is 17.4 Å². The van der Waals surface area contributed by atoms with Crippen LogP contribution in [0.15, 0.2) is 18.2 Å². The summed E-state index contributed by atoms with van der Waals surface area (Å²) < 4.78 is 0. The molecule has 0 bridgehead atoms. The van der Waals surface area contributed by atoms with Crippen LogP contribution in [0, 0.1) is 11.8 Å². The molecule has 0 amide bonds. The van der Waals surface area contributed by atoms with Crippen molar-refractivity contribution in [3.63, 3.8) is 0 Å². The average molecular weight is 219 g/mol. The van der Waals surface area contributed by atoms with Gasteiger partial charge in [0.2, 0.25) is 0 Å². The second-order valence-electron chi connectivity index (χ2n) is 3.58. The SMILES string of the molecule is O=C1CCCc2ccc(C#CCCl)cc21. The van der Waals surface area contributed by atoms with Crippen molar-refractivity contribution in [2.45, 2.75) is 19.3 Å². The Morgan fingerprint density at radius 1 is 1.33 bits per heavy atom. The number of benzene rings is 1. The summed E-state index contributed by atoms with van der Waals surface area (Å²) in [6.45, 7) is 0. The van der Waals surface area contributed by atoms with E-state index < -0.39 is 0 Å². The van der Waals surface area contributed by atoms with Crippen molar-refractivity contribution in [2.24, 2.45) is 0 Å². The largest absolute Gasteiger partial charge is 0.294 e. The smallest absolute Gasteiger partial charge is 0.163 e. The molecule has 0 aliphatic heterocycles. The van der Waals surface area contributed by atoms with Crippen LogP contribution in [0.3, 0.4) is 0 Å². The Balaban J connectivity index is 2.39. The lowest BCUT2D eigenvalue weighted by Gasteiger charge is -2.14. The second-order valence-corrected chi connectivity index (χ2v) is 3.85. The van der Waals surface area contributed by atoms with Gasteiger partial charge in [0.05, 0.1) is 5.88 Å². The first kappa shape index (κ1) is 10.3. The molecule has 0 aromatic heterocycles. The van der Waals surface area contributed by atoms with Crippen LogP contribution in [0.2, 0.25) is 0 Å². The third-order valence-corrected chi connectivity index (χ3v) is 2.69. The normalized spacial score (nSPS) is 14.1. The molecule has 1 aromatic rings. The van der Waals surface area contributed by atoms with E-state index in [1.165, 1.54) is 0 Å². The molecule has 1 aromatic carbocycles. The lowest BCUT2D eigenvalue weighted by atomic mass is 9.89. The summed E-state index contributed by atoms with van der Waals surface area (Å²) in [4.78, 5) is 11.6. The molecule has 0 saturated carbocycles. The quantitative estimate of drug-likeness (QED) is 0.484. The zero-order chi connectivity index (χ0) is 10.7.